The first-order chi connectivity index (χ1) is 21.1. The zero-order valence-corrected chi connectivity index (χ0v) is 22.8. The molecular formula is C27H21F8N7O3. The number of nitrogens with two attached hydrogens (primary N) is 1. The van der Waals surface area contributed by atoms with Crippen molar-refractivity contribution in [2.24, 2.45) is 5.73 Å². The van der Waals surface area contributed by atoms with Gasteiger partial charge >= 0.3 is 18.1 Å². The fourth-order valence-electron chi connectivity index (χ4n) is 5.07. The third-order valence-electron chi connectivity index (χ3n) is 7.46. The number of halogens is 8. The Morgan fingerprint density at radius 3 is 2.36 bits per heavy atom. The number of hydrogen-bond donors (Lipinski definition) is 1. The lowest BCUT2D eigenvalue weighted by Crippen LogP contribution is -2.43. The second-order valence-corrected chi connectivity index (χ2v) is 10.6. The molecule has 0 radical (unpaired) electrons. The van der Waals surface area contributed by atoms with E-state index < -0.39 is 83.6 Å². The summed E-state index contributed by atoms with van der Waals surface area (Å²) in [5.41, 5.74) is 4.65. The van der Waals surface area contributed by atoms with Gasteiger partial charge in [0.15, 0.2) is 0 Å². The van der Waals surface area contributed by atoms with Crippen molar-refractivity contribution in [3.8, 4) is 22.8 Å². The van der Waals surface area contributed by atoms with Crippen LogP contribution in [0.3, 0.4) is 0 Å². The van der Waals surface area contributed by atoms with E-state index >= 15 is 13.2 Å². The van der Waals surface area contributed by atoms with Gasteiger partial charge in [0, 0.05) is 43.5 Å². The first-order valence-corrected chi connectivity index (χ1v) is 13.4. The summed E-state index contributed by atoms with van der Waals surface area (Å²) in [6.07, 6.45) is -6.89. The van der Waals surface area contributed by atoms with Crippen molar-refractivity contribution in [3.05, 3.63) is 59.2 Å². The van der Waals surface area contributed by atoms with Gasteiger partial charge in [0.05, 0.1) is 23.8 Å². The molecule has 0 spiro atoms. The topological polar surface area (TPSA) is 127 Å². The van der Waals surface area contributed by atoms with Crippen LogP contribution in [0, 0.1) is 5.82 Å². The smallest absolute Gasteiger partial charge is 0.403 e. The number of amides is 1. The minimum absolute atomic E-state index is 0.108. The molecule has 0 bridgehead atoms. The molecular weight excluding hydrogens is 622 g/mol. The maximum atomic E-state index is 15.3. The van der Waals surface area contributed by atoms with E-state index in [1.54, 1.807) is 0 Å². The van der Waals surface area contributed by atoms with Gasteiger partial charge in [-0.1, -0.05) is 34.5 Å². The van der Waals surface area contributed by atoms with E-state index in [0.717, 1.165) is 11.0 Å². The second-order valence-electron chi connectivity index (χ2n) is 10.6. The Labute approximate surface area is 247 Å². The number of hydrogen-bond acceptors (Lipinski definition) is 9. The normalized spacial score (nSPS) is 19.8. The van der Waals surface area contributed by atoms with Crippen LogP contribution in [0.5, 0.6) is 0 Å². The summed E-state index contributed by atoms with van der Waals surface area (Å²) >= 11 is 0. The van der Waals surface area contributed by atoms with Crippen LogP contribution in [0.15, 0.2) is 45.3 Å². The number of fused-ring (bicyclic) bond motifs is 1. The molecule has 0 aliphatic carbocycles. The summed E-state index contributed by atoms with van der Waals surface area (Å²) in [5.74, 6) is -11.0. The Balaban J connectivity index is 1.33. The molecule has 6 rings (SSSR count). The molecule has 10 nitrogen and oxygen atoms in total. The lowest BCUT2D eigenvalue weighted by atomic mass is 9.99. The summed E-state index contributed by atoms with van der Waals surface area (Å²) < 4.78 is 121. The summed E-state index contributed by atoms with van der Waals surface area (Å²) in [7, 11) is 0. The number of carbonyl (C=O) groups excluding carboxylic acids is 1. The third kappa shape index (κ3) is 5.93. The van der Waals surface area contributed by atoms with Gasteiger partial charge in [0.25, 0.3) is 17.7 Å². The first kappa shape index (κ1) is 30.4. The number of piperidine rings is 1. The molecule has 2 aliphatic heterocycles. The summed E-state index contributed by atoms with van der Waals surface area (Å²) in [4.78, 5) is 18.9. The molecule has 2 aromatic carbocycles. The molecule has 18 heteroatoms. The highest BCUT2D eigenvalue weighted by atomic mass is 19.4. The SMILES string of the molecule is NC1CC(F)(F)c2cc(F)c(-c3nnc(N4CCC(F)(F)CC4)o3)cc2N(Cc2ccc(-c3noc(C(F)(F)F)n3)cc2)C1=O. The standard InChI is InChI=1S/C27H21F8N7O3/c28-17-10-16-19(9-15(17)21-38-39-24(44-21)41-7-5-25(29,30)6-8-41)42(22(43)18(36)11-26(16,31)32)12-13-1-3-14(4-2-13)20-37-23(45-40-20)27(33,34)35/h1-4,9-10,18H,5-8,11-12,36H2. The zero-order valence-electron chi connectivity index (χ0n) is 22.8. The van der Waals surface area contributed by atoms with E-state index in [0.29, 0.717) is 11.6 Å². The Kier molecular flexibility index (Phi) is 7.29. The Morgan fingerprint density at radius 1 is 1.02 bits per heavy atom. The van der Waals surface area contributed by atoms with Crippen LogP contribution < -0.4 is 15.5 Å². The van der Waals surface area contributed by atoms with Gasteiger partial charge in [0.1, 0.15) is 5.82 Å². The lowest BCUT2D eigenvalue weighted by molar-refractivity contribution is -0.159. The van der Waals surface area contributed by atoms with Crippen LogP contribution in [0.1, 0.15) is 36.3 Å². The summed E-state index contributed by atoms with van der Waals surface area (Å²) in [5, 5.41) is 10.9. The van der Waals surface area contributed by atoms with Crippen molar-refractivity contribution in [3.63, 3.8) is 0 Å². The summed E-state index contributed by atoms with van der Waals surface area (Å²) in [6, 6.07) is 5.13. The van der Waals surface area contributed by atoms with Gasteiger partial charge in [-0.2, -0.15) is 18.2 Å². The van der Waals surface area contributed by atoms with Crippen molar-refractivity contribution < 1.29 is 48.9 Å². The van der Waals surface area contributed by atoms with Crippen LogP contribution in [-0.2, 0) is 23.4 Å². The molecule has 4 aromatic rings. The maximum Gasteiger partial charge on any atom is 0.471 e. The highest BCUT2D eigenvalue weighted by Gasteiger charge is 2.45. The lowest BCUT2D eigenvalue weighted by Gasteiger charge is -2.30. The average molecular weight is 643 g/mol. The van der Waals surface area contributed by atoms with Gasteiger partial charge in [0.2, 0.25) is 11.7 Å². The maximum absolute atomic E-state index is 15.3. The molecule has 1 fully saturated rings. The number of carbonyl (C=O) groups is 1. The molecule has 4 heterocycles. The monoisotopic (exact) mass is 643 g/mol. The molecule has 1 unspecified atom stereocenters. The van der Waals surface area contributed by atoms with Gasteiger partial charge in [-0.25, -0.2) is 22.0 Å². The highest BCUT2D eigenvalue weighted by molar-refractivity contribution is 5.99. The van der Waals surface area contributed by atoms with E-state index in [1.807, 2.05) is 0 Å². The molecule has 2 aromatic heterocycles. The van der Waals surface area contributed by atoms with Crippen LogP contribution in [0.2, 0.25) is 0 Å². The Hall–Kier alpha value is -4.61. The molecule has 2 aliphatic rings. The molecule has 2 N–H and O–H groups in total. The second kappa shape index (κ2) is 10.8. The van der Waals surface area contributed by atoms with Crippen LogP contribution >= 0.6 is 0 Å². The Morgan fingerprint density at radius 2 is 1.71 bits per heavy atom. The van der Waals surface area contributed by atoms with Crippen molar-refractivity contribution in [2.45, 2.75) is 49.9 Å². The van der Waals surface area contributed by atoms with Gasteiger partial charge < -0.3 is 24.5 Å². The third-order valence-corrected chi connectivity index (χ3v) is 7.46. The van der Waals surface area contributed by atoms with Gasteiger partial charge in [-0.3, -0.25) is 4.79 Å². The predicted octanol–water partition coefficient (Wildman–Crippen LogP) is 5.54. The van der Waals surface area contributed by atoms with Crippen molar-refractivity contribution in [2.75, 3.05) is 22.9 Å². The van der Waals surface area contributed by atoms with Crippen molar-refractivity contribution >= 4 is 17.6 Å². The van der Waals surface area contributed by atoms with E-state index in [9.17, 15) is 26.7 Å². The quantitative estimate of drug-likeness (QED) is 0.279. The highest BCUT2D eigenvalue weighted by Crippen LogP contribution is 2.45. The molecule has 238 valence electrons. The zero-order chi connectivity index (χ0) is 32.3. The number of alkyl halides is 7. The average Bonchev–Trinajstić information content (AvgIpc) is 3.65. The number of benzene rings is 2. The Bertz CT molecular complexity index is 1730. The molecule has 1 amide bonds. The fraction of sp³-hybridized carbons (Fsp3) is 0.370. The van der Waals surface area contributed by atoms with Crippen LogP contribution in [-0.4, -0.2) is 51.3 Å². The predicted molar refractivity (Wildman–Crippen MR) is 138 cm³/mol. The van der Waals surface area contributed by atoms with Crippen LogP contribution in [0.4, 0.5) is 46.8 Å². The fourth-order valence-corrected chi connectivity index (χ4v) is 5.07. The van der Waals surface area contributed by atoms with Gasteiger partial charge in [-0.05, 0) is 17.7 Å². The van der Waals surface area contributed by atoms with Crippen molar-refractivity contribution in [1.29, 1.82) is 0 Å². The molecule has 45 heavy (non-hydrogen) atoms. The summed E-state index contributed by atoms with van der Waals surface area (Å²) in [6.45, 7) is -0.566. The number of nitrogens with zero attached hydrogens (tertiary/aromatic N) is 6. The first-order valence-electron chi connectivity index (χ1n) is 13.4. The molecule has 1 saturated heterocycles. The molecule has 1 atom stereocenters. The number of anilines is 2. The minimum atomic E-state index is -4.85. The minimum Gasteiger partial charge on any atom is -0.403 e. The van der Waals surface area contributed by atoms with E-state index in [2.05, 4.69) is 24.9 Å². The van der Waals surface area contributed by atoms with Gasteiger partial charge in [-0.15, -0.1) is 5.10 Å². The largest absolute Gasteiger partial charge is 0.471 e. The number of aromatic nitrogens is 4. The molecule has 0 saturated carbocycles. The van der Waals surface area contributed by atoms with Crippen LogP contribution in [0.25, 0.3) is 22.8 Å². The van der Waals surface area contributed by atoms with Crippen molar-refractivity contribution in [1.82, 2.24) is 20.3 Å². The number of rotatable bonds is 5. The van der Waals surface area contributed by atoms with E-state index in [4.69, 9.17) is 10.2 Å². The van der Waals surface area contributed by atoms with E-state index in [-0.39, 0.29) is 37.0 Å². The van der Waals surface area contributed by atoms with E-state index in [1.165, 1.54) is 29.2 Å².